The first-order chi connectivity index (χ1) is 23.8. The second-order valence-electron chi connectivity index (χ2n) is 12.1. The molecule has 0 spiro atoms. The third kappa shape index (κ3) is 8.63. The molecule has 0 saturated heterocycles. The Morgan fingerprint density at radius 3 is 0.857 bits per heavy atom. The molecule has 3 aliphatic rings. The number of rotatable bonds is 6. The van der Waals surface area contributed by atoms with E-state index in [0.717, 1.165) is 39.6 Å². The molecule has 0 saturated carbocycles. The van der Waals surface area contributed by atoms with Crippen molar-refractivity contribution < 1.29 is 20.1 Å². The van der Waals surface area contributed by atoms with Crippen molar-refractivity contribution in [3.8, 4) is 0 Å². The number of fused-ring (bicyclic) bond motifs is 3. The van der Waals surface area contributed by atoms with Gasteiger partial charge in [-0.2, -0.15) is 0 Å². The number of benzene rings is 6. The zero-order valence-electron chi connectivity index (χ0n) is 27.5. The minimum atomic E-state index is 0. The van der Waals surface area contributed by atoms with Crippen LogP contribution in [0.15, 0.2) is 164 Å². The van der Waals surface area contributed by atoms with E-state index in [1.807, 2.05) is 0 Å². The Balaban J connectivity index is 0.000000126. The van der Waals surface area contributed by atoms with Crippen LogP contribution in [0, 0.1) is 0 Å². The zero-order chi connectivity index (χ0) is 32.4. The van der Waals surface area contributed by atoms with Gasteiger partial charge in [-0.1, -0.05) is 127 Å². The maximum atomic E-state index is 3.40. The van der Waals surface area contributed by atoms with Crippen molar-refractivity contribution >= 4 is 34.1 Å². The molecule has 0 unspecified atom stereocenters. The van der Waals surface area contributed by atoms with Gasteiger partial charge >= 0.3 is 20.1 Å². The SMILES string of the molecule is [Ir+3].c1ccc(CN2CNc3ccccc32)cc1.c1ccc(CN2CNc3ccccc32)cc1.c1ccc(CN2CNc3ccccc32)cc1. The van der Waals surface area contributed by atoms with Crippen LogP contribution in [0.4, 0.5) is 34.1 Å². The average Bonchev–Trinajstić information content (AvgIpc) is 3.88. The van der Waals surface area contributed by atoms with Gasteiger partial charge in [-0.05, 0) is 53.1 Å². The fourth-order valence-electron chi connectivity index (χ4n) is 6.33. The first-order valence-electron chi connectivity index (χ1n) is 16.7. The van der Waals surface area contributed by atoms with Crippen molar-refractivity contribution in [1.82, 2.24) is 0 Å². The monoisotopic (exact) mass is 823 g/mol. The molecule has 6 aromatic rings. The Kier molecular flexibility index (Phi) is 11.5. The largest absolute Gasteiger partial charge is 3.00 e. The van der Waals surface area contributed by atoms with Crippen LogP contribution in [0.25, 0.3) is 0 Å². The topological polar surface area (TPSA) is 45.8 Å². The van der Waals surface area contributed by atoms with Gasteiger partial charge in [0.1, 0.15) is 0 Å². The summed E-state index contributed by atoms with van der Waals surface area (Å²) in [5.41, 5.74) is 11.6. The number of hydrogen-bond donors (Lipinski definition) is 3. The van der Waals surface area contributed by atoms with E-state index < -0.39 is 0 Å². The van der Waals surface area contributed by atoms with Crippen molar-refractivity contribution in [2.45, 2.75) is 19.6 Å². The van der Waals surface area contributed by atoms with Crippen LogP contribution >= 0.6 is 0 Å². The van der Waals surface area contributed by atoms with Crippen LogP contribution in [-0.2, 0) is 39.7 Å². The molecule has 3 N–H and O–H groups in total. The molecule has 0 aromatic heterocycles. The Morgan fingerprint density at radius 2 is 0.571 bits per heavy atom. The van der Waals surface area contributed by atoms with E-state index in [9.17, 15) is 0 Å². The molecule has 0 bridgehead atoms. The predicted octanol–water partition coefficient (Wildman–Crippen LogP) is 9.23. The van der Waals surface area contributed by atoms with Gasteiger partial charge in [0.25, 0.3) is 0 Å². The quantitative estimate of drug-likeness (QED) is 0.156. The number of nitrogens with one attached hydrogen (secondary N) is 3. The van der Waals surface area contributed by atoms with E-state index in [4.69, 9.17) is 0 Å². The molecule has 7 heteroatoms. The van der Waals surface area contributed by atoms with E-state index in [1.165, 1.54) is 50.8 Å². The number of hydrogen-bond acceptors (Lipinski definition) is 6. The Morgan fingerprint density at radius 1 is 0.327 bits per heavy atom. The molecular weight excluding hydrogens is 781 g/mol. The molecule has 246 valence electrons. The predicted molar refractivity (Wildman–Crippen MR) is 203 cm³/mol. The molecule has 3 heterocycles. The Hall–Kier alpha value is -5.23. The molecule has 3 aliphatic heterocycles. The standard InChI is InChI=1S/3C14H14N2.Ir/c3*1-2-6-12(7-3-1)10-16-11-15-13-8-4-5-9-14(13)16;/h3*1-9,15H,10-11H2;/q;;;+3. The minimum absolute atomic E-state index is 0. The van der Waals surface area contributed by atoms with Crippen molar-refractivity contribution in [1.29, 1.82) is 0 Å². The molecule has 0 amide bonds. The maximum absolute atomic E-state index is 3.40. The molecule has 6 nitrogen and oxygen atoms in total. The molecule has 6 aromatic carbocycles. The van der Waals surface area contributed by atoms with Gasteiger partial charge in [0.2, 0.25) is 0 Å². The second kappa shape index (κ2) is 16.7. The van der Waals surface area contributed by atoms with Crippen LogP contribution in [-0.4, -0.2) is 20.0 Å². The van der Waals surface area contributed by atoms with Gasteiger partial charge in [0.05, 0.1) is 54.1 Å². The number of anilines is 6. The molecule has 0 atom stereocenters. The van der Waals surface area contributed by atoms with Crippen LogP contribution < -0.4 is 30.7 Å². The van der Waals surface area contributed by atoms with E-state index in [0.29, 0.717) is 0 Å². The number of nitrogens with zero attached hydrogens (tertiary/aromatic N) is 3. The van der Waals surface area contributed by atoms with Crippen LogP contribution in [0.5, 0.6) is 0 Å². The van der Waals surface area contributed by atoms with Gasteiger partial charge in [0, 0.05) is 19.6 Å². The maximum Gasteiger partial charge on any atom is 3.00 e. The number of para-hydroxylation sites is 6. The Labute approximate surface area is 303 Å². The van der Waals surface area contributed by atoms with Gasteiger partial charge < -0.3 is 30.7 Å². The van der Waals surface area contributed by atoms with Crippen LogP contribution in [0.1, 0.15) is 16.7 Å². The molecule has 0 fully saturated rings. The molecule has 9 rings (SSSR count). The van der Waals surface area contributed by atoms with E-state index in [-0.39, 0.29) is 20.1 Å². The van der Waals surface area contributed by atoms with Crippen molar-refractivity contribution in [2.75, 3.05) is 50.7 Å². The average molecular weight is 823 g/mol. The summed E-state index contributed by atoms with van der Waals surface area (Å²) in [7, 11) is 0. The van der Waals surface area contributed by atoms with E-state index in [2.05, 4.69) is 194 Å². The summed E-state index contributed by atoms with van der Waals surface area (Å²) >= 11 is 0. The molecule has 0 aliphatic carbocycles. The van der Waals surface area contributed by atoms with Gasteiger partial charge in [-0.25, -0.2) is 0 Å². The van der Waals surface area contributed by atoms with Gasteiger partial charge in [-0.3, -0.25) is 0 Å². The fraction of sp³-hybridized carbons (Fsp3) is 0.143. The van der Waals surface area contributed by atoms with Crippen LogP contribution in [0.2, 0.25) is 0 Å². The first kappa shape index (κ1) is 33.7. The minimum Gasteiger partial charge on any atom is -0.366 e. The summed E-state index contributed by atoms with van der Waals surface area (Å²) < 4.78 is 0. The van der Waals surface area contributed by atoms with Crippen molar-refractivity contribution in [3.63, 3.8) is 0 Å². The summed E-state index contributed by atoms with van der Waals surface area (Å²) in [6.07, 6.45) is 0. The summed E-state index contributed by atoms with van der Waals surface area (Å²) in [6.45, 7) is 5.58. The normalized spacial score (nSPS) is 13.1. The zero-order valence-corrected chi connectivity index (χ0v) is 29.9. The Bertz CT molecular complexity index is 1670. The van der Waals surface area contributed by atoms with E-state index in [1.54, 1.807) is 0 Å². The van der Waals surface area contributed by atoms with Crippen molar-refractivity contribution in [3.05, 3.63) is 180 Å². The molecule has 0 radical (unpaired) electrons. The third-order valence-electron chi connectivity index (χ3n) is 8.76. The van der Waals surface area contributed by atoms with E-state index >= 15 is 0 Å². The summed E-state index contributed by atoms with van der Waals surface area (Å²) in [6, 6.07) is 57.0. The summed E-state index contributed by atoms with van der Waals surface area (Å²) in [5, 5.41) is 10.2. The summed E-state index contributed by atoms with van der Waals surface area (Å²) in [4.78, 5) is 7.06. The smallest absolute Gasteiger partial charge is 0.366 e. The second-order valence-corrected chi connectivity index (χ2v) is 12.1. The van der Waals surface area contributed by atoms with Gasteiger partial charge in [0.15, 0.2) is 0 Å². The van der Waals surface area contributed by atoms with Crippen LogP contribution in [0.3, 0.4) is 0 Å². The third-order valence-corrected chi connectivity index (χ3v) is 8.76. The van der Waals surface area contributed by atoms with Crippen molar-refractivity contribution in [2.24, 2.45) is 0 Å². The molecule has 49 heavy (non-hydrogen) atoms. The molecular formula is C42H42IrN6+3. The van der Waals surface area contributed by atoms with Gasteiger partial charge in [-0.15, -0.1) is 0 Å². The first-order valence-corrected chi connectivity index (χ1v) is 16.7. The summed E-state index contributed by atoms with van der Waals surface area (Å²) in [5.74, 6) is 0. The fourth-order valence-corrected chi connectivity index (χ4v) is 6.33.